The number of hydrogen-bond acceptors (Lipinski definition) is 2. The molecular formula is C15H23BrN2. The normalized spacial score (nSPS) is 18.1. The zero-order chi connectivity index (χ0) is 12.8. The van der Waals surface area contributed by atoms with E-state index in [2.05, 4.69) is 57.3 Å². The minimum absolute atomic E-state index is 0.487. The summed E-state index contributed by atoms with van der Waals surface area (Å²) in [4.78, 5) is 2.56. The molecule has 1 aromatic rings. The maximum atomic E-state index is 3.68. The van der Waals surface area contributed by atoms with Gasteiger partial charge >= 0.3 is 0 Å². The summed E-state index contributed by atoms with van der Waals surface area (Å²) in [6, 6.07) is 9.16. The van der Waals surface area contributed by atoms with E-state index >= 15 is 0 Å². The van der Waals surface area contributed by atoms with Gasteiger partial charge in [0.1, 0.15) is 0 Å². The van der Waals surface area contributed by atoms with Gasteiger partial charge < -0.3 is 10.2 Å². The summed E-state index contributed by atoms with van der Waals surface area (Å²) >= 11 is 3.49. The lowest BCUT2D eigenvalue weighted by molar-refractivity contribution is 0.326. The predicted octanol–water partition coefficient (Wildman–Crippen LogP) is 3.59. The van der Waals surface area contributed by atoms with Crippen molar-refractivity contribution in [2.45, 2.75) is 32.2 Å². The molecule has 1 saturated heterocycles. The van der Waals surface area contributed by atoms with Crippen molar-refractivity contribution in [1.82, 2.24) is 10.2 Å². The average molecular weight is 311 g/mol. The van der Waals surface area contributed by atoms with Crippen molar-refractivity contribution in [3.63, 3.8) is 0 Å². The molecule has 0 aromatic heterocycles. The molecular weight excluding hydrogens is 288 g/mol. The zero-order valence-corrected chi connectivity index (χ0v) is 12.7. The largest absolute Gasteiger partial charge is 0.309 e. The highest BCUT2D eigenvalue weighted by Crippen LogP contribution is 2.19. The van der Waals surface area contributed by atoms with Gasteiger partial charge in [0, 0.05) is 23.6 Å². The third-order valence-electron chi connectivity index (χ3n) is 3.70. The summed E-state index contributed by atoms with van der Waals surface area (Å²) in [6.07, 6.45) is 3.90. The van der Waals surface area contributed by atoms with E-state index in [1.165, 1.54) is 38.0 Å². The lowest BCUT2D eigenvalue weighted by Crippen LogP contribution is -2.32. The minimum atomic E-state index is 0.487. The molecule has 18 heavy (non-hydrogen) atoms. The van der Waals surface area contributed by atoms with E-state index in [0.717, 1.165) is 17.4 Å². The van der Waals surface area contributed by atoms with E-state index in [0.29, 0.717) is 6.04 Å². The molecule has 1 aromatic carbocycles. The first-order valence-corrected chi connectivity index (χ1v) is 7.80. The molecule has 0 aliphatic carbocycles. The van der Waals surface area contributed by atoms with Crippen LogP contribution >= 0.6 is 15.9 Å². The Morgan fingerprint density at radius 3 is 2.50 bits per heavy atom. The second-order valence-electron chi connectivity index (χ2n) is 5.02. The van der Waals surface area contributed by atoms with Crippen LogP contribution in [-0.2, 0) is 0 Å². The number of benzene rings is 1. The van der Waals surface area contributed by atoms with Crippen LogP contribution in [0.3, 0.4) is 0 Å². The third kappa shape index (κ3) is 4.08. The topological polar surface area (TPSA) is 15.3 Å². The highest BCUT2D eigenvalue weighted by Gasteiger charge is 2.12. The van der Waals surface area contributed by atoms with Crippen LogP contribution in [0.2, 0.25) is 0 Å². The molecule has 1 N–H and O–H groups in total. The van der Waals surface area contributed by atoms with Crippen molar-refractivity contribution in [3.05, 3.63) is 34.3 Å². The first-order valence-electron chi connectivity index (χ1n) is 7.01. The maximum absolute atomic E-state index is 3.68. The first kappa shape index (κ1) is 14.0. The summed E-state index contributed by atoms with van der Waals surface area (Å²) in [6.45, 7) is 7.10. The van der Waals surface area contributed by atoms with Crippen LogP contribution in [0.5, 0.6) is 0 Å². The molecule has 0 amide bonds. The van der Waals surface area contributed by atoms with Gasteiger partial charge in [0.05, 0.1) is 0 Å². The van der Waals surface area contributed by atoms with Crippen molar-refractivity contribution in [2.24, 2.45) is 0 Å². The van der Waals surface area contributed by atoms with Crippen molar-refractivity contribution < 1.29 is 0 Å². The fourth-order valence-electron chi connectivity index (χ4n) is 2.60. The molecule has 1 atom stereocenters. The number of nitrogens with one attached hydrogen (secondary N) is 1. The lowest BCUT2D eigenvalue weighted by Gasteiger charge is -2.20. The van der Waals surface area contributed by atoms with Gasteiger partial charge in [-0.25, -0.2) is 0 Å². The van der Waals surface area contributed by atoms with Gasteiger partial charge in [-0.1, -0.05) is 35.0 Å². The van der Waals surface area contributed by atoms with E-state index in [4.69, 9.17) is 0 Å². The Bertz CT molecular complexity index is 344. The number of rotatable bonds is 6. The van der Waals surface area contributed by atoms with Crippen LogP contribution in [0.4, 0.5) is 0 Å². The van der Waals surface area contributed by atoms with Crippen LogP contribution in [0.25, 0.3) is 0 Å². The summed E-state index contributed by atoms with van der Waals surface area (Å²) in [5.74, 6) is 0. The van der Waals surface area contributed by atoms with Gasteiger partial charge in [-0.2, -0.15) is 0 Å². The average Bonchev–Trinajstić information content (AvgIpc) is 2.89. The van der Waals surface area contributed by atoms with Gasteiger partial charge in [-0.05, 0) is 50.0 Å². The Labute approximate surface area is 119 Å². The second-order valence-corrected chi connectivity index (χ2v) is 5.93. The van der Waals surface area contributed by atoms with Crippen molar-refractivity contribution in [1.29, 1.82) is 0 Å². The standard InChI is InChI=1S/C15H23BrN2/c1-2-15(13-5-7-14(16)8-6-13)17-9-12-18-10-3-4-11-18/h5-8,15,17H,2-4,9-12H2,1H3. The van der Waals surface area contributed by atoms with Crippen molar-refractivity contribution in [2.75, 3.05) is 26.2 Å². The summed E-state index contributed by atoms with van der Waals surface area (Å²) in [7, 11) is 0. The van der Waals surface area contributed by atoms with E-state index in [1.807, 2.05) is 0 Å². The fourth-order valence-corrected chi connectivity index (χ4v) is 2.86. The summed E-state index contributed by atoms with van der Waals surface area (Å²) in [5.41, 5.74) is 1.39. The molecule has 0 saturated carbocycles. The summed E-state index contributed by atoms with van der Waals surface area (Å²) in [5, 5.41) is 3.68. The summed E-state index contributed by atoms with van der Waals surface area (Å²) < 4.78 is 1.15. The van der Waals surface area contributed by atoms with Gasteiger partial charge in [-0.15, -0.1) is 0 Å². The van der Waals surface area contributed by atoms with Gasteiger partial charge in [0.15, 0.2) is 0 Å². The molecule has 3 heteroatoms. The Morgan fingerprint density at radius 2 is 1.89 bits per heavy atom. The molecule has 2 nitrogen and oxygen atoms in total. The first-order chi connectivity index (χ1) is 8.79. The molecule has 0 radical (unpaired) electrons. The molecule has 1 fully saturated rings. The Hall–Kier alpha value is -0.380. The minimum Gasteiger partial charge on any atom is -0.309 e. The van der Waals surface area contributed by atoms with Crippen molar-refractivity contribution in [3.8, 4) is 0 Å². The van der Waals surface area contributed by atoms with Gasteiger partial charge in [0.2, 0.25) is 0 Å². The second kappa shape index (κ2) is 7.27. The zero-order valence-electron chi connectivity index (χ0n) is 11.2. The number of halogens is 1. The maximum Gasteiger partial charge on any atom is 0.0318 e. The Kier molecular flexibility index (Phi) is 5.67. The molecule has 0 bridgehead atoms. The Morgan fingerprint density at radius 1 is 1.22 bits per heavy atom. The number of hydrogen-bond donors (Lipinski definition) is 1. The predicted molar refractivity (Wildman–Crippen MR) is 80.9 cm³/mol. The van der Waals surface area contributed by atoms with Crippen LogP contribution in [0.15, 0.2) is 28.7 Å². The van der Waals surface area contributed by atoms with E-state index in [9.17, 15) is 0 Å². The van der Waals surface area contributed by atoms with E-state index in [-0.39, 0.29) is 0 Å². The van der Waals surface area contributed by atoms with Gasteiger partial charge in [0.25, 0.3) is 0 Å². The molecule has 100 valence electrons. The van der Waals surface area contributed by atoms with Crippen LogP contribution in [0, 0.1) is 0 Å². The molecule has 1 unspecified atom stereocenters. The van der Waals surface area contributed by atoms with Crippen LogP contribution in [0.1, 0.15) is 37.8 Å². The smallest absolute Gasteiger partial charge is 0.0318 e. The fraction of sp³-hybridized carbons (Fsp3) is 0.600. The van der Waals surface area contributed by atoms with Crippen LogP contribution < -0.4 is 5.32 Å². The SMILES string of the molecule is CCC(NCCN1CCCC1)c1ccc(Br)cc1. The van der Waals surface area contributed by atoms with Gasteiger partial charge in [-0.3, -0.25) is 0 Å². The van der Waals surface area contributed by atoms with Crippen LogP contribution in [-0.4, -0.2) is 31.1 Å². The molecule has 1 aliphatic heterocycles. The molecule has 0 spiro atoms. The monoisotopic (exact) mass is 310 g/mol. The number of likely N-dealkylation sites (tertiary alicyclic amines) is 1. The molecule has 2 rings (SSSR count). The van der Waals surface area contributed by atoms with E-state index in [1.54, 1.807) is 0 Å². The number of nitrogens with zero attached hydrogens (tertiary/aromatic N) is 1. The lowest BCUT2D eigenvalue weighted by atomic mass is 10.0. The highest BCUT2D eigenvalue weighted by atomic mass is 79.9. The third-order valence-corrected chi connectivity index (χ3v) is 4.23. The van der Waals surface area contributed by atoms with Crippen molar-refractivity contribution >= 4 is 15.9 Å². The van der Waals surface area contributed by atoms with E-state index < -0.39 is 0 Å². The molecule has 1 heterocycles. The highest BCUT2D eigenvalue weighted by molar-refractivity contribution is 9.10. The molecule has 1 aliphatic rings. The Balaban J connectivity index is 1.79. The quantitative estimate of drug-likeness (QED) is 0.864.